The summed E-state index contributed by atoms with van der Waals surface area (Å²) in [4.78, 5) is 25.7. The Morgan fingerprint density at radius 2 is 1.86 bits per heavy atom. The van der Waals surface area contributed by atoms with Crippen LogP contribution in [0.1, 0.15) is 36.0 Å². The topological polar surface area (TPSA) is 76.1 Å². The molecule has 2 aliphatic rings. The molecule has 2 aromatic rings. The van der Waals surface area contributed by atoms with Gasteiger partial charge in [-0.15, -0.1) is 0 Å². The number of benzene rings is 2. The molecule has 2 heterocycles. The van der Waals surface area contributed by atoms with E-state index in [0.717, 1.165) is 23.4 Å². The number of amides is 1. The number of ether oxygens (including phenoxy) is 2. The molecule has 37 heavy (non-hydrogen) atoms. The highest BCUT2D eigenvalue weighted by Gasteiger charge is 2.37. The van der Waals surface area contributed by atoms with E-state index in [2.05, 4.69) is 6.58 Å². The monoisotopic (exact) mass is 535 g/mol. The Balaban J connectivity index is 1.50. The number of aliphatic carboxylic acids is 1. The van der Waals surface area contributed by atoms with Crippen LogP contribution >= 0.6 is 11.8 Å². The number of hydrogen-bond donors (Lipinski definition) is 1. The second-order valence-corrected chi connectivity index (χ2v) is 10.3. The smallest absolute Gasteiger partial charge is 0.417 e. The maximum atomic E-state index is 14.0. The largest absolute Gasteiger partial charge is 0.480 e. The number of nitrogens with zero attached hydrogens (tertiary/aromatic N) is 1. The number of likely N-dealkylation sites (tertiary alicyclic amines) is 1. The molecule has 198 valence electrons. The van der Waals surface area contributed by atoms with Crippen LogP contribution in [0.3, 0.4) is 0 Å². The van der Waals surface area contributed by atoms with Crippen molar-refractivity contribution in [3.05, 3.63) is 71.8 Å². The number of halogens is 3. The van der Waals surface area contributed by atoms with Crippen LogP contribution in [-0.4, -0.2) is 59.2 Å². The van der Waals surface area contributed by atoms with Gasteiger partial charge in [-0.1, -0.05) is 54.7 Å². The highest BCUT2D eigenvalue weighted by atomic mass is 32.2. The van der Waals surface area contributed by atoms with E-state index in [-0.39, 0.29) is 35.3 Å². The van der Waals surface area contributed by atoms with Gasteiger partial charge in [-0.05, 0) is 42.5 Å². The van der Waals surface area contributed by atoms with Crippen molar-refractivity contribution < 1.29 is 37.3 Å². The highest BCUT2D eigenvalue weighted by molar-refractivity contribution is 7.99. The lowest BCUT2D eigenvalue weighted by molar-refractivity contribution is -0.149. The lowest BCUT2D eigenvalue weighted by Gasteiger charge is -2.33. The third-order valence-electron chi connectivity index (χ3n) is 6.41. The summed E-state index contributed by atoms with van der Waals surface area (Å²) < 4.78 is 53.8. The molecule has 1 amide bonds. The predicted octanol–water partition coefficient (Wildman–Crippen LogP) is 5.26. The van der Waals surface area contributed by atoms with E-state index in [0.29, 0.717) is 32.3 Å². The van der Waals surface area contributed by atoms with Crippen LogP contribution in [0.2, 0.25) is 0 Å². The minimum atomic E-state index is -4.69. The SMILES string of the molecule is C=C(C(=O)N1CCCCC1C(=O)O)c1ccc(SC2COCC(Cc3ccccc3)O2)c(C(F)(F)F)c1. The molecule has 3 atom stereocenters. The number of thioether (sulfide) groups is 1. The number of carbonyl (C=O) groups excluding carboxylic acids is 1. The van der Waals surface area contributed by atoms with Gasteiger partial charge in [0, 0.05) is 23.4 Å². The summed E-state index contributed by atoms with van der Waals surface area (Å²) in [5, 5.41) is 9.46. The molecular formula is C27H28F3NO5S. The zero-order chi connectivity index (χ0) is 26.6. The maximum absolute atomic E-state index is 14.0. The molecule has 0 aromatic heterocycles. The van der Waals surface area contributed by atoms with Crippen LogP contribution in [0, 0.1) is 0 Å². The minimum Gasteiger partial charge on any atom is -0.480 e. The number of alkyl halides is 3. The number of piperidine rings is 1. The van der Waals surface area contributed by atoms with Gasteiger partial charge in [0.05, 0.1) is 24.9 Å². The van der Waals surface area contributed by atoms with Gasteiger partial charge in [0.15, 0.2) is 0 Å². The molecule has 0 aliphatic carbocycles. The quantitative estimate of drug-likeness (QED) is 0.488. The van der Waals surface area contributed by atoms with E-state index in [4.69, 9.17) is 9.47 Å². The van der Waals surface area contributed by atoms with Crippen molar-refractivity contribution >= 4 is 29.2 Å². The average molecular weight is 536 g/mol. The number of carbonyl (C=O) groups is 2. The number of rotatable bonds is 7. The second-order valence-electron chi connectivity index (χ2n) is 9.07. The molecule has 0 radical (unpaired) electrons. The zero-order valence-electron chi connectivity index (χ0n) is 20.1. The van der Waals surface area contributed by atoms with Crippen LogP contribution in [0.15, 0.2) is 60.0 Å². The fourth-order valence-corrected chi connectivity index (χ4v) is 5.65. The molecule has 4 rings (SSSR count). The molecule has 3 unspecified atom stereocenters. The molecule has 0 saturated carbocycles. The van der Waals surface area contributed by atoms with Gasteiger partial charge < -0.3 is 19.5 Å². The highest BCUT2D eigenvalue weighted by Crippen LogP contribution is 2.41. The Hall–Kier alpha value is -2.82. The van der Waals surface area contributed by atoms with Crippen molar-refractivity contribution in [2.45, 2.75) is 54.3 Å². The van der Waals surface area contributed by atoms with Crippen molar-refractivity contribution in [1.29, 1.82) is 0 Å². The third-order valence-corrected chi connectivity index (χ3v) is 7.53. The molecule has 0 bridgehead atoms. The molecule has 2 aromatic carbocycles. The van der Waals surface area contributed by atoms with E-state index in [1.165, 1.54) is 17.0 Å². The van der Waals surface area contributed by atoms with E-state index < -0.39 is 35.1 Å². The van der Waals surface area contributed by atoms with Gasteiger partial charge in [0.1, 0.15) is 11.5 Å². The molecule has 2 fully saturated rings. The molecular weight excluding hydrogens is 507 g/mol. The van der Waals surface area contributed by atoms with Crippen LogP contribution in [0.4, 0.5) is 13.2 Å². The first kappa shape index (κ1) is 27.2. The lowest BCUT2D eigenvalue weighted by atomic mass is 9.98. The standard InChI is InChI=1S/C27H28F3NO5S/c1-17(25(32)31-12-6-5-9-22(31)26(33)34)19-10-11-23(21(14-19)27(28,29)30)37-24-16-35-15-20(36-24)13-18-7-3-2-4-8-18/h2-4,7-8,10-11,14,20,22,24H,1,5-6,9,12-13,15-16H2,(H,33,34). The van der Waals surface area contributed by atoms with Gasteiger partial charge in [0.2, 0.25) is 0 Å². The third kappa shape index (κ3) is 6.74. The predicted molar refractivity (Wildman–Crippen MR) is 133 cm³/mol. The van der Waals surface area contributed by atoms with Gasteiger partial charge in [-0.25, -0.2) is 4.79 Å². The second kappa shape index (κ2) is 11.7. The molecule has 6 nitrogen and oxygen atoms in total. The van der Waals surface area contributed by atoms with Gasteiger partial charge in [0.25, 0.3) is 5.91 Å². The Morgan fingerprint density at radius 1 is 1.11 bits per heavy atom. The first-order valence-electron chi connectivity index (χ1n) is 12.0. The van der Waals surface area contributed by atoms with Crippen molar-refractivity contribution in [2.24, 2.45) is 0 Å². The van der Waals surface area contributed by atoms with Crippen molar-refractivity contribution in [1.82, 2.24) is 4.90 Å². The normalized spacial score (nSPS) is 22.5. The molecule has 0 spiro atoms. The summed E-state index contributed by atoms with van der Waals surface area (Å²) in [5.41, 5.74) is -0.672. The number of hydrogen-bond acceptors (Lipinski definition) is 5. The Bertz CT molecular complexity index is 1140. The summed E-state index contributed by atoms with van der Waals surface area (Å²) in [5.74, 6) is -1.81. The average Bonchev–Trinajstić information content (AvgIpc) is 2.88. The molecule has 10 heteroatoms. The number of carboxylic acids is 1. The van der Waals surface area contributed by atoms with Crippen molar-refractivity contribution in [3.8, 4) is 0 Å². The van der Waals surface area contributed by atoms with Gasteiger partial charge in [-0.3, -0.25) is 4.79 Å². The molecule has 2 saturated heterocycles. The van der Waals surface area contributed by atoms with E-state index in [1.807, 2.05) is 30.3 Å². The maximum Gasteiger partial charge on any atom is 0.417 e. The molecule has 2 aliphatic heterocycles. The summed E-state index contributed by atoms with van der Waals surface area (Å²) in [7, 11) is 0. The van der Waals surface area contributed by atoms with Crippen LogP contribution in [0.25, 0.3) is 5.57 Å². The van der Waals surface area contributed by atoms with Crippen LogP contribution in [-0.2, 0) is 31.7 Å². The molecule has 1 N–H and O–H groups in total. The first-order valence-corrected chi connectivity index (χ1v) is 12.9. The van der Waals surface area contributed by atoms with Gasteiger partial charge >= 0.3 is 12.1 Å². The Kier molecular flexibility index (Phi) is 8.61. The fourth-order valence-electron chi connectivity index (χ4n) is 4.55. The Labute approximate surface area is 217 Å². The fraction of sp³-hybridized carbons (Fsp3) is 0.407. The Morgan fingerprint density at radius 3 is 2.57 bits per heavy atom. The van der Waals surface area contributed by atoms with E-state index in [9.17, 15) is 27.9 Å². The number of carboxylic acid groups (broad SMARTS) is 1. The van der Waals surface area contributed by atoms with Crippen LogP contribution < -0.4 is 0 Å². The summed E-state index contributed by atoms with van der Waals surface area (Å²) in [6, 6.07) is 12.2. The minimum absolute atomic E-state index is 0.000783. The zero-order valence-corrected chi connectivity index (χ0v) is 20.9. The van der Waals surface area contributed by atoms with E-state index >= 15 is 0 Å². The summed E-state index contributed by atoms with van der Waals surface area (Å²) >= 11 is 0.924. The van der Waals surface area contributed by atoms with Crippen molar-refractivity contribution in [3.63, 3.8) is 0 Å². The first-order chi connectivity index (χ1) is 17.6. The summed E-state index contributed by atoms with van der Waals surface area (Å²) in [6.45, 7) is 4.43. The lowest BCUT2D eigenvalue weighted by Crippen LogP contribution is -2.48. The van der Waals surface area contributed by atoms with Crippen molar-refractivity contribution in [2.75, 3.05) is 19.8 Å². The van der Waals surface area contributed by atoms with Gasteiger partial charge in [-0.2, -0.15) is 13.2 Å². The van der Waals surface area contributed by atoms with Crippen LogP contribution in [0.5, 0.6) is 0 Å². The summed E-state index contributed by atoms with van der Waals surface area (Å²) in [6.07, 6.45) is -2.80. The van der Waals surface area contributed by atoms with E-state index in [1.54, 1.807) is 0 Å².